The molecule has 0 aliphatic carbocycles. The second kappa shape index (κ2) is 26.0. The van der Waals surface area contributed by atoms with Crippen LogP contribution in [0.3, 0.4) is 0 Å². The smallest absolute Gasteiger partial charge is 0.0769 e. The Balaban J connectivity index is 1.41. The highest BCUT2D eigenvalue weighted by atomic mass is 14.8. The standard InChI is InChI=1S/C68H86N4/c1-5-9-13-17-21-25-45-57-61-49-37-29-31-39-51(49)63(69-61)58(46-26-22-18-14-10-6-2)65-53-41-33-35-43-55(53)67(71-65)60(48-28-24-20-16-12-8-4)68-56-44-36-34-42-54(56)66(72-68)59(47-27-23-19-15-11-7-3)64-52-40-32-30-38-50(52)62(57)70-64/h29-44,69,72H,5-28,45-48H2,1-4H3. The minimum atomic E-state index is 0.976. The molecule has 3 aromatic heterocycles. The fraction of sp³-hybridized carbons (Fsp3) is 0.471. The number of H-pyrrole nitrogens is 2. The molecule has 0 radical (unpaired) electrons. The minimum absolute atomic E-state index is 0.976. The Morgan fingerprint density at radius 2 is 0.472 bits per heavy atom. The van der Waals surface area contributed by atoms with E-state index < -0.39 is 0 Å². The molecule has 4 aromatic carbocycles. The number of rotatable bonds is 28. The zero-order valence-corrected chi connectivity index (χ0v) is 44.9. The number of fused-ring (bicyclic) bond motifs is 20. The summed E-state index contributed by atoms with van der Waals surface area (Å²) in [6.45, 7) is 9.28. The van der Waals surface area contributed by atoms with E-state index in [0.29, 0.717) is 0 Å². The number of benzene rings is 4. The summed E-state index contributed by atoms with van der Waals surface area (Å²) in [5.74, 6) is 0. The first-order valence-corrected chi connectivity index (χ1v) is 29.4. The molecule has 0 amide bonds. The zero-order chi connectivity index (χ0) is 49.5. The Morgan fingerprint density at radius 3 is 0.708 bits per heavy atom. The third kappa shape index (κ3) is 11.5. The first-order valence-electron chi connectivity index (χ1n) is 29.4. The van der Waals surface area contributed by atoms with Gasteiger partial charge in [-0.05, 0) is 51.4 Å². The van der Waals surface area contributed by atoms with Crippen LogP contribution in [0, 0.1) is 0 Å². The van der Waals surface area contributed by atoms with Crippen LogP contribution in [-0.2, 0) is 25.7 Å². The molecule has 378 valence electrons. The molecule has 9 rings (SSSR count). The van der Waals surface area contributed by atoms with E-state index in [2.05, 4.69) is 135 Å². The Hall–Kier alpha value is -5.48. The molecule has 4 nitrogen and oxygen atoms in total. The number of aromatic nitrogens is 4. The Morgan fingerprint density at radius 1 is 0.264 bits per heavy atom. The van der Waals surface area contributed by atoms with Crippen LogP contribution in [0.15, 0.2) is 97.1 Å². The van der Waals surface area contributed by atoms with E-state index in [1.807, 2.05) is 0 Å². The Kier molecular flexibility index (Phi) is 18.5. The largest absolute Gasteiger partial charge is 0.354 e. The van der Waals surface area contributed by atoms with Crippen LogP contribution < -0.4 is 0 Å². The van der Waals surface area contributed by atoms with E-state index in [-0.39, 0.29) is 0 Å². The minimum Gasteiger partial charge on any atom is -0.354 e. The van der Waals surface area contributed by atoms with Crippen molar-refractivity contribution in [2.75, 3.05) is 0 Å². The van der Waals surface area contributed by atoms with Crippen molar-refractivity contribution in [3.8, 4) is 45.0 Å². The molecule has 4 heteroatoms. The van der Waals surface area contributed by atoms with Gasteiger partial charge in [0.2, 0.25) is 0 Å². The fourth-order valence-electron chi connectivity index (χ4n) is 12.3. The molecule has 2 aliphatic heterocycles. The molecule has 0 fully saturated rings. The van der Waals surface area contributed by atoms with Crippen molar-refractivity contribution < 1.29 is 0 Å². The van der Waals surface area contributed by atoms with Gasteiger partial charge in [0.25, 0.3) is 0 Å². The SMILES string of the molecule is CCCCCCCCc1c2nc(c(CCCCCCCC)c3[nH]c(c(CCCCCCCC)c4nc(c(CCCCCCCC)c5[nH]c1c1ccccc51)-c1ccccc1-4)c1ccccc31)-c1ccccc1-2. The van der Waals surface area contributed by atoms with E-state index in [4.69, 9.17) is 9.97 Å². The highest BCUT2D eigenvalue weighted by molar-refractivity contribution is 6.13. The van der Waals surface area contributed by atoms with Gasteiger partial charge in [-0.25, -0.2) is 9.97 Å². The van der Waals surface area contributed by atoms with Gasteiger partial charge in [0.1, 0.15) is 0 Å². The predicted molar refractivity (Wildman–Crippen MR) is 313 cm³/mol. The quantitative estimate of drug-likeness (QED) is 0.0481. The van der Waals surface area contributed by atoms with Crippen LogP contribution in [-0.4, -0.2) is 19.9 Å². The van der Waals surface area contributed by atoms with Gasteiger partial charge in [-0.15, -0.1) is 0 Å². The van der Waals surface area contributed by atoms with Gasteiger partial charge in [0, 0.05) is 66.1 Å². The van der Waals surface area contributed by atoms with Crippen LogP contribution in [0.25, 0.3) is 88.6 Å². The van der Waals surface area contributed by atoms with Crippen LogP contribution in [0.1, 0.15) is 204 Å². The van der Waals surface area contributed by atoms with Gasteiger partial charge in [-0.1, -0.05) is 253 Å². The molecular formula is C68H86N4. The van der Waals surface area contributed by atoms with Gasteiger partial charge in [0.15, 0.2) is 0 Å². The monoisotopic (exact) mass is 959 g/mol. The van der Waals surface area contributed by atoms with E-state index in [0.717, 1.165) is 74.1 Å². The first kappa shape index (κ1) is 51.4. The fourth-order valence-corrected chi connectivity index (χ4v) is 12.3. The third-order valence-corrected chi connectivity index (χ3v) is 16.2. The summed E-state index contributed by atoms with van der Waals surface area (Å²) in [5, 5.41) is 5.20. The lowest BCUT2D eigenvalue weighted by Crippen LogP contribution is -1.95. The van der Waals surface area contributed by atoms with E-state index in [1.54, 1.807) is 0 Å². The number of aromatic amines is 2. The Labute approximate surface area is 433 Å². The maximum atomic E-state index is 6.04. The first-order chi connectivity index (χ1) is 35.7. The highest BCUT2D eigenvalue weighted by Gasteiger charge is 2.28. The topological polar surface area (TPSA) is 57.4 Å². The number of unbranched alkanes of at least 4 members (excludes halogenated alkanes) is 20. The lowest BCUT2D eigenvalue weighted by atomic mass is 9.94. The van der Waals surface area contributed by atoms with Crippen LogP contribution >= 0.6 is 0 Å². The normalized spacial score (nSPS) is 12.1. The van der Waals surface area contributed by atoms with Crippen molar-refractivity contribution in [3.63, 3.8) is 0 Å². The van der Waals surface area contributed by atoms with Gasteiger partial charge in [0.05, 0.1) is 44.8 Å². The van der Waals surface area contributed by atoms with Crippen LogP contribution in [0.5, 0.6) is 0 Å². The van der Waals surface area contributed by atoms with E-state index in [1.165, 1.54) is 217 Å². The molecule has 5 heterocycles. The Bertz CT molecular complexity index is 2650. The predicted octanol–water partition coefficient (Wildman–Crippen LogP) is 20.9. The van der Waals surface area contributed by atoms with Crippen molar-refractivity contribution in [1.82, 2.24) is 19.9 Å². The van der Waals surface area contributed by atoms with Crippen molar-refractivity contribution in [1.29, 1.82) is 0 Å². The number of nitrogens with zero attached hydrogens (tertiary/aromatic N) is 2. The van der Waals surface area contributed by atoms with Gasteiger partial charge in [-0.3, -0.25) is 0 Å². The molecular weight excluding hydrogens is 873 g/mol. The van der Waals surface area contributed by atoms with Crippen molar-refractivity contribution in [2.24, 2.45) is 0 Å². The molecule has 0 saturated carbocycles. The molecule has 0 atom stereocenters. The summed E-state index contributed by atoms with van der Waals surface area (Å²) in [7, 11) is 0. The van der Waals surface area contributed by atoms with Gasteiger partial charge < -0.3 is 9.97 Å². The number of nitrogens with one attached hydrogen (secondary N) is 2. The number of hydrogen-bond donors (Lipinski definition) is 2. The number of aryl methyl sites for hydroxylation is 4. The molecule has 0 spiro atoms. The molecule has 2 aliphatic rings. The molecule has 7 aromatic rings. The van der Waals surface area contributed by atoms with Crippen molar-refractivity contribution in [3.05, 3.63) is 119 Å². The van der Waals surface area contributed by atoms with E-state index in [9.17, 15) is 0 Å². The van der Waals surface area contributed by atoms with Crippen molar-refractivity contribution >= 4 is 43.6 Å². The summed E-state index contributed by atoms with van der Waals surface area (Å²) >= 11 is 0. The summed E-state index contributed by atoms with van der Waals surface area (Å²) < 4.78 is 0. The molecule has 2 N–H and O–H groups in total. The molecule has 0 unspecified atom stereocenters. The second-order valence-electron chi connectivity index (χ2n) is 21.5. The van der Waals surface area contributed by atoms with Crippen LogP contribution in [0.4, 0.5) is 0 Å². The average molecular weight is 959 g/mol. The summed E-state index contributed by atoms with van der Waals surface area (Å²) in [6.07, 6.45) is 34.0. The zero-order valence-electron chi connectivity index (χ0n) is 44.9. The molecule has 0 saturated heterocycles. The maximum absolute atomic E-state index is 6.04. The van der Waals surface area contributed by atoms with E-state index >= 15 is 0 Å². The summed E-state index contributed by atoms with van der Waals surface area (Å²) in [6, 6.07) is 37.0. The summed E-state index contributed by atoms with van der Waals surface area (Å²) in [4.78, 5) is 20.7. The van der Waals surface area contributed by atoms with Crippen LogP contribution in [0.2, 0.25) is 0 Å². The summed E-state index contributed by atoms with van der Waals surface area (Å²) in [5.41, 5.74) is 20.1. The van der Waals surface area contributed by atoms with Gasteiger partial charge in [-0.2, -0.15) is 0 Å². The highest BCUT2D eigenvalue weighted by Crippen LogP contribution is 2.47. The maximum Gasteiger partial charge on any atom is 0.0769 e. The second-order valence-corrected chi connectivity index (χ2v) is 21.5. The number of hydrogen-bond acceptors (Lipinski definition) is 2. The average Bonchev–Trinajstić information content (AvgIpc) is 4.20. The van der Waals surface area contributed by atoms with Gasteiger partial charge >= 0.3 is 0 Å². The molecule has 72 heavy (non-hydrogen) atoms. The lowest BCUT2D eigenvalue weighted by molar-refractivity contribution is 0.607. The lowest BCUT2D eigenvalue weighted by Gasteiger charge is -2.09. The van der Waals surface area contributed by atoms with Crippen molar-refractivity contribution in [2.45, 2.75) is 207 Å². The molecule has 8 bridgehead atoms. The third-order valence-electron chi connectivity index (χ3n) is 16.2.